The predicted molar refractivity (Wildman–Crippen MR) is 77.2 cm³/mol. The number of aromatic nitrogens is 1. The van der Waals surface area contributed by atoms with E-state index in [2.05, 4.69) is 35.9 Å². The van der Waals surface area contributed by atoms with Crippen LogP contribution in [0.3, 0.4) is 0 Å². The molecule has 2 rings (SSSR count). The third kappa shape index (κ3) is 2.16. The van der Waals surface area contributed by atoms with Crippen LogP contribution in [0.1, 0.15) is 18.1 Å². The van der Waals surface area contributed by atoms with Crippen molar-refractivity contribution in [1.29, 1.82) is 0 Å². The minimum atomic E-state index is 0.752. The van der Waals surface area contributed by atoms with E-state index in [1.54, 1.807) is 0 Å². The zero-order chi connectivity index (χ0) is 13.1. The molecule has 0 bridgehead atoms. The maximum Gasteiger partial charge on any atom is 0.156 e. The molecule has 0 atom stereocenters. The Morgan fingerprint density at radius 2 is 1.83 bits per heavy atom. The molecule has 2 aromatic rings. The van der Waals surface area contributed by atoms with Gasteiger partial charge in [0.25, 0.3) is 0 Å². The number of hydrogen-bond donors (Lipinski definition) is 1. The number of hydrogen-bond acceptors (Lipinski definition) is 3. The van der Waals surface area contributed by atoms with Gasteiger partial charge < -0.3 is 10.6 Å². The van der Waals surface area contributed by atoms with Gasteiger partial charge in [0.15, 0.2) is 5.82 Å². The van der Waals surface area contributed by atoms with Crippen molar-refractivity contribution in [3.8, 4) is 0 Å². The monoisotopic (exact) mass is 241 g/mol. The molecule has 18 heavy (non-hydrogen) atoms. The molecule has 1 aromatic carbocycles. The Hall–Kier alpha value is -2.03. The summed E-state index contributed by atoms with van der Waals surface area (Å²) in [6, 6.07) is 10.2. The van der Waals surface area contributed by atoms with Crippen LogP contribution in [0.15, 0.2) is 36.5 Å². The standard InChI is InChI=1S/C15H19N3/c1-4-18(13-8-6-5-7-11(13)2)15-14(16)12(3)9-10-17-15/h5-10H,4,16H2,1-3H3. The van der Waals surface area contributed by atoms with Crippen LogP contribution in [0.4, 0.5) is 17.2 Å². The second kappa shape index (κ2) is 5.08. The number of nitrogen functional groups attached to an aromatic ring is 1. The maximum absolute atomic E-state index is 6.14. The van der Waals surface area contributed by atoms with Crippen LogP contribution >= 0.6 is 0 Å². The first-order valence-electron chi connectivity index (χ1n) is 6.19. The van der Waals surface area contributed by atoms with E-state index < -0.39 is 0 Å². The molecular weight excluding hydrogens is 222 g/mol. The fourth-order valence-electron chi connectivity index (χ4n) is 2.07. The fourth-order valence-corrected chi connectivity index (χ4v) is 2.07. The molecule has 0 spiro atoms. The van der Waals surface area contributed by atoms with Crippen molar-refractivity contribution in [3.63, 3.8) is 0 Å². The fraction of sp³-hybridized carbons (Fsp3) is 0.267. The van der Waals surface area contributed by atoms with E-state index in [4.69, 9.17) is 5.73 Å². The van der Waals surface area contributed by atoms with Gasteiger partial charge in [-0.25, -0.2) is 4.98 Å². The Bertz CT molecular complexity index is 549. The van der Waals surface area contributed by atoms with Gasteiger partial charge in [0.2, 0.25) is 0 Å². The number of nitrogens with zero attached hydrogens (tertiary/aromatic N) is 2. The first-order valence-corrected chi connectivity index (χ1v) is 6.19. The van der Waals surface area contributed by atoms with Crippen LogP contribution in [-0.2, 0) is 0 Å². The molecule has 0 saturated carbocycles. The molecular formula is C15H19N3. The van der Waals surface area contributed by atoms with Crippen LogP contribution in [0.2, 0.25) is 0 Å². The first kappa shape index (κ1) is 12.4. The summed E-state index contributed by atoms with van der Waals surface area (Å²) in [6.45, 7) is 7.05. The summed E-state index contributed by atoms with van der Waals surface area (Å²) in [7, 11) is 0. The third-order valence-electron chi connectivity index (χ3n) is 3.17. The Balaban J connectivity index is 2.53. The van der Waals surface area contributed by atoms with Gasteiger partial charge in [0, 0.05) is 18.4 Å². The van der Waals surface area contributed by atoms with Gasteiger partial charge >= 0.3 is 0 Å². The van der Waals surface area contributed by atoms with Crippen molar-refractivity contribution in [1.82, 2.24) is 4.98 Å². The summed E-state index contributed by atoms with van der Waals surface area (Å²) in [5.74, 6) is 0.840. The van der Waals surface area contributed by atoms with Crippen molar-refractivity contribution in [2.75, 3.05) is 17.2 Å². The molecule has 3 nitrogen and oxygen atoms in total. The third-order valence-corrected chi connectivity index (χ3v) is 3.17. The van der Waals surface area contributed by atoms with Gasteiger partial charge in [-0.1, -0.05) is 18.2 Å². The molecule has 1 aromatic heterocycles. The van der Waals surface area contributed by atoms with E-state index in [1.807, 2.05) is 31.3 Å². The molecule has 0 aliphatic rings. The van der Waals surface area contributed by atoms with Crippen LogP contribution < -0.4 is 10.6 Å². The van der Waals surface area contributed by atoms with Gasteiger partial charge in [0.05, 0.1) is 5.69 Å². The Labute approximate surface area is 108 Å². The minimum absolute atomic E-state index is 0.752. The Kier molecular flexibility index (Phi) is 3.51. The molecule has 0 fully saturated rings. The minimum Gasteiger partial charge on any atom is -0.396 e. The number of rotatable bonds is 3. The second-order valence-corrected chi connectivity index (χ2v) is 4.40. The molecule has 0 amide bonds. The lowest BCUT2D eigenvalue weighted by Gasteiger charge is -2.25. The number of aryl methyl sites for hydroxylation is 2. The van der Waals surface area contributed by atoms with Crippen LogP contribution in [0, 0.1) is 13.8 Å². The summed E-state index contributed by atoms with van der Waals surface area (Å²) >= 11 is 0. The maximum atomic E-state index is 6.14. The van der Waals surface area contributed by atoms with Crippen molar-refractivity contribution in [2.24, 2.45) is 0 Å². The van der Waals surface area contributed by atoms with Crippen molar-refractivity contribution >= 4 is 17.2 Å². The van der Waals surface area contributed by atoms with E-state index >= 15 is 0 Å². The first-order chi connectivity index (χ1) is 8.65. The van der Waals surface area contributed by atoms with Gasteiger partial charge in [-0.15, -0.1) is 0 Å². The molecule has 0 unspecified atom stereocenters. The lowest BCUT2D eigenvalue weighted by atomic mass is 10.1. The van der Waals surface area contributed by atoms with E-state index in [-0.39, 0.29) is 0 Å². The summed E-state index contributed by atoms with van der Waals surface area (Å²) in [5.41, 5.74) is 10.3. The van der Waals surface area contributed by atoms with Gasteiger partial charge in [0.1, 0.15) is 0 Å². The Morgan fingerprint density at radius 1 is 1.11 bits per heavy atom. The predicted octanol–water partition coefficient (Wildman–Crippen LogP) is 3.44. The quantitative estimate of drug-likeness (QED) is 0.895. The smallest absolute Gasteiger partial charge is 0.156 e. The molecule has 1 heterocycles. The van der Waals surface area contributed by atoms with Crippen LogP contribution in [0.25, 0.3) is 0 Å². The van der Waals surface area contributed by atoms with Gasteiger partial charge in [-0.05, 0) is 44.0 Å². The van der Waals surface area contributed by atoms with Gasteiger partial charge in [-0.3, -0.25) is 0 Å². The molecule has 3 heteroatoms. The number of nitrogens with two attached hydrogens (primary N) is 1. The molecule has 94 valence electrons. The average Bonchev–Trinajstić information content (AvgIpc) is 2.37. The second-order valence-electron chi connectivity index (χ2n) is 4.40. The highest BCUT2D eigenvalue weighted by Gasteiger charge is 2.14. The number of benzene rings is 1. The average molecular weight is 241 g/mol. The van der Waals surface area contributed by atoms with Gasteiger partial charge in [-0.2, -0.15) is 0 Å². The normalized spacial score (nSPS) is 10.4. The lowest BCUT2D eigenvalue weighted by molar-refractivity contribution is 0.983. The van der Waals surface area contributed by atoms with Crippen molar-refractivity contribution < 1.29 is 0 Å². The van der Waals surface area contributed by atoms with E-state index in [0.717, 1.165) is 29.3 Å². The highest BCUT2D eigenvalue weighted by Crippen LogP contribution is 2.31. The zero-order valence-electron chi connectivity index (χ0n) is 11.1. The van der Waals surface area contributed by atoms with E-state index in [9.17, 15) is 0 Å². The molecule has 2 N–H and O–H groups in total. The van der Waals surface area contributed by atoms with Crippen LogP contribution in [0.5, 0.6) is 0 Å². The van der Waals surface area contributed by atoms with Crippen molar-refractivity contribution in [3.05, 3.63) is 47.7 Å². The highest BCUT2D eigenvalue weighted by molar-refractivity contribution is 5.74. The molecule has 0 aliphatic carbocycles. The number of anilines is 3. The summed E-state index contributed by atoms with van der Waals surface area (Å²) in [5, 5.41) is 0. The van der Waals surface area contributed by atoms with Crippen molar-refractivity contribution in [2.45, 2.75) is 20.8 Å². The molecule has 0 radical (unpaired) electrons. The lowest BCUT2D eigenvalue weighted by Crippen LogP contribution is -2.20. The summed E-state index contributed by atoms with van der Waals surface area (Å²) < 4.78 is 0. The number of pyridine rings is 1. The Morgan fingerprint density at radius 3 is 2.50 bits per heavy atom. The highest BCUT2D eigenvalue weighted by atomic mass is 15.2. The topological polar surface area (TPSA) is 42.2 Å². The summed E-state index contributed by atoms with van der Waals surface area (Å²) in [6.07, 6.45) is 1.81. The molecule has 0 saturated heterocycles. The summed E-state index contributed by atoms with van der Waals surface area (Å²) in [4.78, 5) is 6.58. The molecule has 0 aliphatic heterocycles. The SMILES string of the molecule is CCN(c1ccccc1C)c1nccc(C)c1N. The largest absolute Gasteiger partial charge is 0.396 e. The van der Waals surface area contributed by atoms with Crippen LogP contribution in [-0.4, -0.2) is 11.5 Å². The van der Waals surface area contributed by atoms with E-state index in [0.29, 0.717) is 0 Å². The zero-order valence-corrected chi connectivity index (χ0v) is 11.1. The number of para-hydroxylation sites is 1. The van der Waals surface area contributed by atoms with E-state index in [1.165, 1.54) is 5.56 Å².